The summed E-state index contributed by atoms with van der Waals surface area (Å²) in [4.78, 5) is 27.6. The number of benzene rings is 1. The molecule has 1 heterocycles. The van der Waals surface area contributed by atoms with Crippen LogP contribution in [0.5, 0.6) is 0 Å². The smallest absolute Gasteiger partial charge is 0.225 e. The van der Waals surface area contributed by atoms with E-state index in [2.05, 4.69) is 5.32 Å². The van der Waals surface area contributed by atoms with E-state index in [0.717, 1.165) is 0 Å². The van der Waals surface area contributed by atoms with Gasteiger partial charge in [0, 0.05) is 44.2 Å². The minimum Gasteiger partial charge on any atom is -0.352 e. The third-order valence-corrected chi connectivity index (χ3v) is 3.94. The normalized spacial score (nSPS) is 17.7. The van der Waals surface area contributed by atoms with Crippen LogP contribution in [0.15, 0.2) is 12.1 Å². The van der Waals surface area contributed by atoms with Gasteiger partial charge in [-0.2, -0.15) is 0 Å². The molecule has 1 N–H and O–H groups in total. The van der Waals surface area contributed by atoms with Gasteiger partial charge in [-0.25, -0.2) is 13.2 Å². The van der Waals surface area contributed by atoms with Crippen LogP contribution in [0.1, 0.15) is 12.0 Å². The number of hydrogen-bond acceptors (Lipinski definition) is 3. The lowest BCUT2D eigenvalue weighted by atomic mass is 10.1. The molecule has 0 bridgehead atoms. The first kappa shape index (κ1) is 18.3. The van der Waals surface area contributed by atoms with Gasteiger partial charge in [-0.05, 0) is 20.2 Å². The maximum atomic E-state index is 13.5. The minimum absolute atomic E-state index is 0.0967. The summed E-state index contributed by atoms with van der Waals surface area (Å²) in [6.45, 7) is 1.27. The molecular formula is C16H20F3N3O2. The molecule has 1 unspecified atom stereocenters. The Balaban J connectivity index is 1.89. The highest BCUT2D eigenvalue weighted by molar-refractivity contribution is 5.89. The summed E-state index contributed by atoms with van der Waals surface area (Å²) in [7, 11) is 3.78. The van der Waals surface area contributed by atoms with Crippen molar-refractivity contribution in [1.82, 2.24) is 15.1 Å². The number of rotatable bonds is 6. The number of nitrogens with zero attached hydrogens (tertiary/aromatic N) is 2. The van der Waals surface area contributed by atoms with Gasteiger partial charge in [-0.1, -0.05) is 0 Å². The molecule has 1 aliphatic heterocycles. The molecule has 8 heteroatoms. The van der Waals surface area contributed by atoms with Gasteiger partial charge in [0.25, 0.3) is 0 Å². The highest BCUT2D eigenvalue weighted by Crippen LogP contribution is 2.18. The third kappa shape index (κ3) is 4.47. The molecule has 0 radical (unpaired) electrons. The van der Waals surface area contributed by atoms with Gasteiger partial charge in [0.2, 0.25) is 11.8 Å². The molecule has 0 aliphatic carbocycles. The number of likely N-dealkylation sites (N-methyl/N-ethyl adjacent to an activating group) is 1. The van der Waals surface area contributed by atoms with Crippen molar-refractivity contribution in [3.05, 3.63) is 35.1 Å². The molecule has 1 atom stereocenters. The Hall–Kier alpha value is -2.09. The van der Waals surface area contributed by atoms with Gasteiger partial charge < -0.3 is 15.1 Å². The Bertz CT molecular complexity index is 637. The first-order valence-corrected chi connectivity index (χ1v) is 7.61. The summed E-state index contributed by atoms with van der Waals surface area (Å²) in [5.41, 5.74) is -0.143. The molecule has 0 aromatic heterocycles. The summed E-state index contributed by atoms with van der Waals surface area (Å²) in [5.74, 6) is -4.40. The predicted octanol–water partition coefficient (Wildman–Crippen LogP) is 1.13. The van der Waals surface area contributed by atoms with Crippen LogP contribution in [-0.4, -0.2) is 55.3 Å². The fourth-order valence-corrected chi connectivity index (χ4v) is 2.51. The topological polar surface area (TPSA) is 52.6 Å². The van der Waals surface area contributed by atoms with Crippen LogP contribution in [0.2, 0.25) is 0 Å². The van der Waals surface area contributed by atoms with E-state index >= 15 is 0 Å². The van der Waals surface area contributed by atoms with E-state index in [1.807, 2.05) is 19.0 Å². The monoisotopic (exact) mass is 343 g/mol. The fraction of sp³-hybridized carbons (Fsp3) is 0.500. The number of hydrogen-bond donors (Lipinski definition) is 1. The zero-order valence-corrected chi connectivity index (χ0v) is 13.6. The third-order valence-electron chi connectivity index (χ3n) is 3.94. The molecular weight excluding hydrogens is 323 g/mol. The van der Waals surface area contributed by atoms with E-state index in [9.17, 15) is 22.8 Å². The van der Waals surface area contributed by atoms with E-state index in [0.29, 0.717) is 31.8 Å². The SMILES string of the molecule is CN(C)CCN1CC(C(=O)NCc2cc(F)c(F)cc2F)CC1=O. The number of halogens is 3. The van der Waals surface area contributed by atoms with Crippen LogP contribution in [0.25, 0.3) is 0 Å². The van der Waals surface area contributed by atoms with Crippen LogP contribution in [-0.2, 0) is 16.1 Å². The average Bonchev–Trinajstić information content (AvgIpc) is 2.88. The molecule has 2 amide bonds. The summed E-state index contributed by atoms with van der Waals surface area (Å²) >= 11 is 0. The average molecular weight is 343 g/mol. The molecule has 132 valence electrons. The van der Waals surface area contributed by atoms with E-state index in [1.54, 1.807) is 4.90 Å². The maximum Gasteiger partial charge on any atom is 0.225 e. The van der Waals surface area contributed by atoms with Crippen molar-refractivity contribution < 1.29 is 22.8 Å². The summed E-state index contributed by atoms with van der Waals surface area (Å²) in [5, 5.41) is 2.48. The van der Waals surface area contributed by atoms with Crippen LogP contribution < -0.4 is 5.32 Å². The Morgan fingerprint density at radius 3 is 2.58 bits per heavy atom. The second-order valence-corrected chi connectivity index (χ2v) is 6.12. The number of nitrogens with one attached hydrogen (secondary N) is 1. The molecule has 1 fully saturated rings. The molecule has 5 nitrogen and oxygen atoms in total. The first-order chi connectivity index (χ1) is 11.3. The van der Waals surface area contributed by atoms with E-state index in [-0.39, 0.29) is 24.4 Å². The van der Waals surface area contributed by atoms with E-state index in [1.165, 1.54) is 0 Å². The summed E-state index contributed by atoms with van der Waals surface area (Å²) in [6.07, 6.45) is 0.0967. The number of likely N-dealkylation sites (tertiary alicyclic amines) is 1. The largest absolute Gasteiger partial charge is 0.352 e. The Labute approximate surface area is 138 Å². The Kier molecular flexibility index (Phi) is 5.82. The predicted molar refractivity (Wildman–Crippen MR) is 81.4 cm³/mol. The number of amides is 2. The highest BCUT2D eigenvalue weighted by atomic mass is 19.2. The van der Waals surface area contributed by atoms with Gasteiger partial charge in [0.05, 0.1) is 5.92 Å². The lowest BCUT2D eigenvalue weighted by Crippen LogP contribution is -2.35. The lowest BCUT2D eigenvalue weighted by molar-refractivity contribution is -0.129. The zero-order valence-electron chi connectivity index (χ0n) is 13.6. The summed E-state index contributed by atoms with van der Waals surface area (Å²) in [6, 6.07) is 1.16. The van der Waals surface area contributed by atoms with Crippen LogP contribution in [0, 0.1) is 23.4 Å². The molecule has 1 aromatic carbocycles. The van der Waals surface area contributed by atoms with Crippen LogP contribution >= 0.6 is 0 Å². The first-order valence-electron chi connectivity index (χ1n) is 7.61. The van der Waals surface area contributed by atoms with Gasteiger partial charge in [0.15, 0.2) is 11.6 Å². The van der Waals surface area contributed by atoms with Crippen molar-refractivity contribution in [1.29, 1.82) is 0 Å². The molecule has 0 spiro atoms. The van der Waals surface area contributed by atoms with Gasteiger partial charge in [-0.15, -0.1) is 0 Å². The molecule has 0 saturated carbocycles. The number of carbonyl (C=O) groups is 2. The standard InChI is InChI=1S/C16H20F3N3O2/c1-21(2)3-4-22-9-11(6-15(22)23)16(24)20-8-10-5-13(18)14(19)7-12(10)17/h5,7,11H,3-4,6,8-9H2,1-2H3,(H,20,24). The molecule has 1 aliphatic rings. The fourth-order valence-electron chi connectivity index (χ4n) is 2.51. The van der Waals surface area contributed by atoms with Crippen molar-refractivity contribution in [3.63, 3.8) is 0 Å². The highest BCUT2D eigenvalue weighted by Gasteiger charge is 2.33. The minimum atomic E-state index is -1.28. The molecule has 1 saturated heterocycles. The second-order valence-electron chi connectivity index (χ2n) is 6.12. The zero-order chi connectivity index (χ0) is 17.9. The molecule has 24 heavy (non-hydrogen) atoms. The van der Waals surface area contributed by atoms with Crippen LogP contribution in [0.4, 0.5) is 13.2 Å². The quantitative estimate of drug-likeness (QED) is 0.788. The van der Waals surface area contributed by atoms with Gasteiger partial charge >= 0.3 is 0 Å². The van der Waals surface area contributed by atoms with Crippen LogP contribution in [0.3, 0.4) is 0 Å². The van der Waals surface area contributed by atoms with Crippen molar-refractivity contribution in [3.8, 4) is 0 Å². The maximum absolute atomic E-state index is 13.5. The summed E-state index contributed by atoms with van der Waals surface area (Å²) < 4.78 is 39.5. The van der Waals surface area contributed by atoms with Crippen molar-refractivity contribution in [2.24, 2.45) is 5.92 Å². The second kappa shape index (κ2) is 7.65. The van der Waals surface area contributed by atoms with Crippen molar-refractivity contribution in [2.75, 3.05) is 33.7 Å². The Morgan fingerprint density at radius 2 is 1.92 bits per heavy atom. The van der Waals surface area contributed by atoms with Crippen molar-refractivity contribution >= 4 is 11.8 Å². The van der Waals surface area contributed by atoms with Gasteiger partial charge in [-0.3, -0.25) is 9.59 Å². The Morgan fingerprint density at radius 1 is 1.25 bits per heavy atom. The van der Waals surface area contributed by atoms with E-state index < -0.39 is 29.3 Å². The van der Waals surface area contributed by atoms with E-state index in [4.69, 9.17) is 0 Å². The number of carbonyl (C=O) groups excluding carboxylic acids is 2. The van der Waals surface area contributed by atoms with Crippen molar-refractivity contribution in [2.45, 2.75) is 13.0 Å². The molecule has 1 aromatic rings. The lowest BCUT2D eigenvalue weighted by Gasteiger charge is -2.19. The molecule has 2 rings (SSSR count). The van der Waals surface area contributed by atoms with Gasteiger partial charge in [0.1, 0.15) is 5.82 Å².